The predicted molar refractivity (Wildman–Crippen MR) is 86.7 cm³/mol. The Labute approximate surface area is 142 Å². The highest BCUT2D eigenvalue weighted by Crippen LogP contribution is 2.13. The van der Waals surface area contributed by atoms with Crippen LogP contribution < -0.4 is 11.2 Å². The summed E-state index contributed by atoms with van der Waals surface area (Å²) in [6.45, 7) is 0. The summed E-state index contributed by atoms with van der Waals surface area (Å²) in [6, 6.07) is 5.53. The van der Waals surface area contributed by atoms with Crippen LogP contribution in [0.5, 0.6) is 5.75 Å². The van der Waals surface area contributed by atoms with Gasteiger partial charge in [-0.05, 0) is 17.7 Å². The number of esters is 1. The van der Waals surface area contributed by atoms with Gasteiger partial charge in [-0.3, -0.25) is 4.79 Å². The predicted octanol–water partition coefficient (Wildman–Crippen LogP) is -0.310. The zero-order valence-corrected chi connectivity index (χ0v) is 13.7. The number of hydrogen-bond donors (Lipinski definition) is 3. The Kier molecular flexibility index (Phi) is 6.01. The maximum absolute atomic E-state index is 12.0. The number of carbonyl (C=O) groups excluding carboxylic acids is 2. The molecule has 1 amide bonds. The summed E-state index contributed by atoms with van der Waals surface area (Å²) >= 11 is 1.10. The Hall–Kier alpha value is -2.75. The molecule has 1 aromatic carbocycles. The number of phenolic OH excluding ortho intramolecular Hbond substituents is 1. The van der Waals surface area contributed by atoms with Gasteiger partial charge in [-0.15, -0.1) is 10.2 Å². The van der Waals surface area contributed by atoms with E-state index in [1.165, 1.54) is 30.2 Å². The first-order valence-corrected chi connectivity index (χ1v) is 7.91. The third kappa shape index (κ3) is 4.88. The number of aromatic nitrogens is 3. The lowest BCUT2D eigenvalue weighted by Gasteiger charge is -2.16. The van der Waals surface area contributed by atoms with Crippen LogP contribution in [0.15, 0.2) is 35.7 Å². The van der Waals surface area contributed by atoms with Crippen molar-refractivity contribution in [3.8, 4) is 5.75 Å². The minimum atomic E-state index is -0.830. The number of benzene rings is 1. The standard InChI is InChI=1S/C14H17N5O4S/c1-23-13(22)11(6-9-2-4-10(20)5-3-9)17-12(21)7-24-14-18-16-8-19(14)15/h2-5,8,11,20H,6-7,15H2,1H3,(H,17,21)/t11-/m1/s1. The van der Waals surface area contributed by atoms with E-state index in [1.807, 2.05) is 0 Å². The summed E-state index contributed by atoms with van der Waals surface area (Å²) < 4.78 is 5.92. The summed E-state index contributed by atoms with van der Waals surface area (Å²) in [6.07, 6.45) is 1.57. The monoisotopic (exact) mass is 351 g/mol. The van der Waals surface area contributed by atoms with Crippen molar-refractivity contribution >= 4 is 23.6 Å². The molecule has 0 radical (unpaired) electrons. The molecule has 9 nitrogen and oxygen atoms in total. The zero-order valence-electron chi connectivity index (χ0n) is 12.9. The number of rotatable bonds is 7. The van der Waals surface area contributed by atoms with Crippen molar-refractivity contribution < 1.29 is 19.4 Å². The van der Waals surface area contributed by atoms with Crippen LogP contribution in [0.25, 0.3) is 0 Å². The van der Waals surface area contributed by atoms with E-state index in [9.17, 15) is 14.7 Å². The molecule has 24 heavy (non-hydrogen) atoms. The summed E-state index contributed by atoms with van der Waals surface area (Å²) in [4.78, 5) is 23.9. The lowest BCUT2D eigenvalue weighted by atomic mass is 10.1. The second-order valence-electron chi connectivity index (χ2n) is 4.82. The lowest BCUT2D eigenvalue weighted by Crippen LogP contribution is -2.43. The van der Waals surface area contributed by atoms with E-state index in [0.29, 0.717) is 5.16 Å². The molecule has 0 saturated heterocycles. The summed E-state index contributed by atoms with van der Waals surface area (Å²) in [5.74, 6) is 4.79. The minimum absolute atomic E-state index is 0.0268. The third-order valence-corrected chi connectivity index (χ3v) is 4.03. The highest BCUT2D eigenvalue weighted by atomic mass is 32.2. The molecule has 0 aliphatic rings. The SMILES string of the molecule is COC(=O)[C@@H](Cc1ccc(O)cc1)NC(=O)CSc1nncn1N. The topological polar surface area (TPSA) is 132 Å². The molecule has 0 fully saturated rings. The first kappa shape index (κ1) is 17.6. The van der Waals surface area contributed by atoms with Crippen molar-refractivity contribution in [1.29, 1.82) is 0 Å². The van der Waals surface area contributed by atoms with Crippen molar-refractivity contribution in [1.82, 2.24) is 20.2 Å². The molecule has 0 aliphatic heterocycles. The van der Waals surface area contributed by atoms with Gasteiger partial charge in [-0.1, -0.05) is 23.9 Å². The normalized spacial score (nSPS) is 11.7. The zero-order chi connectivity index (χ0) is 17.5. The molecule has 1 heterocycles. The highest BCUT2D eigenvalue weighted by molar-refractivity contribution is 7.99. The van der Waals surface area contributed by atoms with E-state index in [4.69, 9.17) is 10.6 Å². The Morgan fingerprint density at radius 1 is 1.42 bits per heavy atom. The minimum Gasteiger partial charge on any atom is -0.508 e. The van der Waals surface area contributed by atoms with Crippen LogP contribution in [-0.2, 0) is 20.7 Å². The number of hydrogen-bond acceptors (Lipinski definition) is 8. The molecule has 1 aromatic heterocycles. The first-order chi connectivity index (χ1) is 11.5. The van der Waals surface area contributed by atoms with Gasteiger partial charge in [-0.25, -0.2) is 9.47 Å². The Morgan fingerprint density at radius 2 is 2.12 bits per heavy atom. The van der Waals surface area contributed by atoms with E-state index in [-0.39, 0.29) is 23.8 Å². The fraction of sp³-hybridized carbons (Fsp3) is 0.286. The second kappa shape index (κ2) is 8.20. The van der Waals surface area contributed by atoms with Gasteiger partial charge in [0, 0.05) is 6.42 Å². The van der Waals surface area contributed by atoms with Crippen LogP contribution >= 0.6 is 11.8 Å². The van der Waals surface area contributed by atoms with Gasteiger partial charge in [0.15, 0.2) is 0 Å². The fourth-order valence-corrected chi connectivity index (χ4v) is 2.55. The summed E-state index contributed by atoms with van der Waals surface area (Å²) in [5, 5.41) is 19.6. The number of methoxy groups -OCH3 is 1. The van der Waals surface area contributed by atoms with Gasteiger partial charge >= 0.3 is 5.97 Å². The number of thioether (sulfide) groups is 1. The summed E-state index contributed by atoms with van der Waals surface area (Å²) in [5.41, 5.74) is 0.776. The molecule has 0 aliphatic carbocycles. The average Bonchev–Trinajstić information content (AvgIpc) is 2.98. The number of ether oxygens (including phenoxy) is 1. The van der Waals surface area contributed by atoms with E-state index in [2.05, 4.69) is 15.5 Å². The number of amides is 1. The molecule has 2 aromatic rings. The van der Waals surface area contributed by atoms with Gasteiger partial charge in [0.2, 0.25) is 11.1 Å². The van der Waals surface area contributed by atoms with E-state index >= 15 is 0 Å². The van der Waals surface area contributed by atoms with Crippen LogP contribution in [0.1, 0.15) is 5.56 Å². The van der Waals surface area contributed by atoms with E-state index in [0.717, 1.165) is 17.3 Å². The maximum Gasteiger partial charge on any atom is 0.328 e. The largest absolute Gasteiger partial charge is 0.508 e. The number of nitrogens with two attached hydrogens (primary N) is 1. The van der Waals surface area contributed by atoms with Crippen molar-refractivity contribution in [3.05, 3.63) is 36.2 Å². The van der Waals surface area contributed by atoms with Crippen LogP contribution in [0.3, 0.4) is 0 Å². The second-order valence-corrected chi connectivity index (χ2v) is 5.77. The van der Waals surface area contributed by atoms with Crippen molar-refractivity contribution in [2.45, 2.75) is 17.6 Å². The van der Waals surface area contributed by atoms with Gasteiger partial charge < -0.3 is 21.0 Å². The number of nitrogens with one attached hydrogen (secondary N) is 1. The van der Waals surface area contributed by atoms with Crippen LogP contribution in [0.4, 0.5) is 0 Å². The molecule has 128 valence electrons. The highest BCUT2D eigenvalue weighted by Gasteiger charge is 2.22. The Bertz CT molecular complexity index is 703. The molecule has 10 heteroatoms. The Morgan fingerprint density at radius 3 is 2.71 bits per heavy atom. The van der Waals surface area contributed by atoms with Crippen molar-refractivity contribution in [3.63, 3.8) is 0 Å². The quantitative estimate of drug-likeness (QED) is 0.351. The fourth-order valence-electron chi connectivity index (χ4n) is 1.90. The van der Waals surface area contributed by atoms with Crippen LogP contribution in [0, 0.1) is 0 Å². The van der Waals surface area contributed by atoms with Gasteiger partial charge in [0.1, 0.15) is 18.1 Å². The lowest BCUT2D eigenvalue weighted by molar-refractivity contribution is -0.144. The maximum atomic E-state index is 12.0. The Balaban J connectivity index is 1.95. The number of phenols is 1. The number of aromatic hydroxyl groups is 1. The number of nitrogens with zero attached hydrogens (tertiary/aromatic N) is 3. The van der Waals surface area contributed by atoms with Crippen LogP contribution in [0.2, 0.25) is 0 Å². The molecule has 0 unspecified atom stereocenters. The molecule has 2 rings (SSSR count). The molecule has 0 bridgehead atoms. The molecule has 4 N–H and O–H groups in total. The molecule has 0 spiro atoms. The van der Waals surface area contributed by atoms with Gasteiger partial charge in [-0.2, -0.15) is 0 Å². The molecule has 0 saturated carbocycles. The van der Waals surface area contributed by atoms with Crippen molar-refractivity contribution in [2.75, 3.05) is 18.7 Å². The molecule has 1 atom stereocenters. The smallest absolute Gasteiger partial charge is 0.328 e. The first-order valence-electron chi connectivity index (χ1n) is 6.92. The van der Waals surface area contributed by atoms with Crippen LogP contribution in [-0.4, -0.2) is 50.8 Å². The number of carbonyl (C=O) groups is 2. The molecular formula is C14H17N5O4S. The van der Waals surface area contributed by atoms with Crippen molar-refractivity contribution in [2.24, 2.45) is 0 Å². The third-order valence-electron chi connectivity index (χ3n) is 3.07. The van der Waals surface area contributed by atoms with E-state index in [1.54, 1.807) is 12.1 Å². The molecular weight excluding hydrogens is 334 g/mol. The van der Waals surface area contributed by atoms with Gasteiger partial charge in [0.05, 0.1) is 12.9 Å². The summed E-state index contributed by atoms with van der Waals surface area (Å²) in [7, 11) is 1.25. The average molecular weight is 351 g/mol. The number of nitrogen functional groups attached to an aromatic ring is 1. The van der Waals surface area contributed by atoms with Gasteiger partial charge in [0.25, 0.3) is 0 Å². The van der Waals surface area contributed by atoms with E-state index < -0.39 is 12.0 Å².